The van der Waals surface area contributed by atoms with Gasteiger partial charge in [0.1, 0.15) is 6.10 Å². The maximum absolute atomic E-state index is 9.70. The van der Waals surface area contributed by atoms with Crippen molar-refractivity contribution in [1.82, 2.24) is 4.90 Å². The third-order valence-corrected chi connectivity index (χ3v) is 5.42. The zero-order valence-corrected chi connectivity index (χ0v) is 13.8. The average Bonchev–Trinajstić information content (AvgIpc) is 3.03. The number of ether oxygens (including phenoxy) is 1. The van der Waals surface area contributed by atoms with Gasteiger partial charge in [0.15, 0.2) is 0 Å². The minimum absolute atomic E-state index is 0.0563. The van der Waals surface area contributed by atoms with Crippen molar-refractivity contribution < 1.29 is 9.84 Å². The molecule has 1 aromatic heterocycles. The van der Waals surface area contributed by atoms with E-state index >= 15 is 0 Å². The van der Waals surface area contributed by atoms with Crippen molar-refractivity contribution >= 4 is 11.3 Å². The number of aliphatic hydroxyl groups is 1. The molecule has 2 aromatic rings. The summed E-state index contributed by atoms with van der Waals surface area (Å²) in [5.41, 5.74) is 1.22. The van der Waals surface area contributed by atoms with Crippen LogP contribution in [0.3, 0.4) is 0 Å². The van der Waals surface area contributed by atoms with Crippen molar-refractivity contribution in [2.24, 2.45) is 0 Å². The Morgan fingerprint density at radius 1 is 1.18 bits per heavy atom. The van der Waals surface area contributed by atoms with Gasteiger partial charge in [-0.25, -0.2) is 0 Å². The van der Waals surface area contributed by atoms with Crippen LogP contribution in [0.25, 0.3) is 0 Å². The Morgan fingerprint density at radius 3 is 2.64 bits per heavy atom. The molecule has 2 heterocycles. The summed E-state index contributed by atoms with van der Waals surface area (Å²) in [6, 6.07) is 15.0. The van der Waals surface area contributed by atoms with Gasteiger partial charge in [-0.3, -0.25) is 4.90 Å². The number of morpholine rings is 1. The molecule has 0 spiro atoms. The molecule has 1 N–H and O–H groups in total. The molecule has 3 rings (SSSR count). The van der Waals surface area contributed by atoms with Crippen molar-refractivity contribution in [2.75, 3.05) is 19.8 Å². The third-order valence-electron chi connectivity index (χ3n) is 4.20. The highest BCUT2D eigenvalue weighted by Crippen LogP contribution is 2.32. The van der Waals surface area contributed by atoms with E-state index in [1.807, 2.05) is 17.4 Å². The van der Waals surface area contributed by atoms with Gasteiger partial charge in [0, 0.05) is 22.8 Å². The first kappa shape index (κ1) is 15.7. The van der Waals surface area contributed by atoms with Gasteiger partial charge in [-0.15, -0.1) is 11.3 Å². The molecular weight excluding hydrogens is 294 g/mol. The van der Waals surface area contributed by atoms with Gasteiger partial charge in [-0.1, -0.05) is 37.3 Å². The van der Waals surface area contributed by atoms with E-state index in [9.17, 15) is 5.11 Å². The minimum atomic E-state index is -0.151. The van der Waals surface area contributed by atoms with Crippen LogP contribution >= 0.6 is 11.3 Å². The van der Waals surface area contributed by atoms with Crippen molar-refractivity contribution in [3.8, 4) is 0 Å². The lowest BCUT2D eigenvalue weighted by atomic mass is 9.98. The zero-order chi connectivity index (χ0) is 15.4. The molecule has 0 unspecified atom stereocenters. The molecule has 4 heteroatoms. The SMILES string of the molecule is CCc1ccc(CN2CCO[C@H](CO)[C@H]2c2ccccc2)s1. The third kappa shape index (κ3) is 3.41. The van der Waals surface area contributed by atoms with Crippen LogP contribution in [0.5, 0.6) is 0 Å². The number of nitrogens with zero attached hydrogens (tertiary/aromatic N) is 1. The van der Waals surface area contributed by atoms with E-state index in [1.165, 1.54) is 15.3 Å². The van der Waals surface area contributed by atoms with E-state index < -0.39 is 0 Å². The van der Waals surface area contributed by atoms with E-state index in [-0.39, 0.29) is 18.8 Å². The molecule has 1 fully saturated rings. The van der Waals surface area contributed by atoms with Crippen LogP contribution in [0.1, 0.15) is 28.3 Å². The number of hydrogen-bond donors (Lipinski definition) is 1. The van der Waals surface area contributed by atoms with Crippen LogP contribution in [-0.2, 0) is 17.7 Å². The summed E-state index contributed by atoms with van der Waals surface area (Å²) in [6.07, 6.45) is 0.941. The summed E-state index contributed by atoms with van der Waals surface area (Å²) in [5.74, 6) is 0. The van der Waals surface area contributed by atoms with Crippen LogP contribution in [-0.4, -0.2) is 35.9 Å². The van der Waals surface area contributed by atoms with Gasteiger partial charge in [0.05, 0.1) is 19.3 Å². The smallest absolute Gasteiger partial charge is 0.100 e. The average molecular weight is 317 g/mol. The summed E-state index contributed by atoms with van der Waals surface area (Å²) >= 11 is 1.89. The first-order valence-electron chi connectivity index (χ1n) is 7.91. The molecule has 0 aliphatic carbocycles. The molecular formula is C18H23NO2S. The van der Waals surface area contributed by atoms with Crippen molar-refractivity contribution in [3.63, 3.8) is 0 Å². The summed E-state index contributed by atoms with van der Waals surface area (Å²) in [5, 5.41) is 9.70. The van der Waals surface area contributed by atoms with Gasteiger partial charge >= 0.3 is 0 Å². The van der Waals surface area contributed by atoms with E-state index in [0.29, 0.717) is 6.61 Å². The minimum Gasteiger partial charge on any atom is -0.394 e. The largest absolute Gasteiger partial charge is 0.394 e. The topological polar surface area (TPSA) is 32.7 Å². The van der Waals surface area contributed by atoms with E-state index in [1.54, 1.807) is 0 Å². The Morgan fingerprint density at radius 2 is 1.95 bits per heavy atom. The number of hydrogen-bond acceptors (Lipinski definition) is 4. The van der Waals surface area contributed by atoms with Gasteiger partial charge < -0.3 is 9.84 Å². The highest BCUT2D eigenvalue weighted by Gasteiger charge is 2.33. The lowest BCUT2D eigenvalue weighted by Crippen LogP contribution is -2.46. The van der Waals surface area contributed by atoms with Crippen LogP contribution in [0, 0.1) is 0 Å². The molecule has 3 nitrogen and oxygen atoms in total. The number of rotatable bonds is 5. The predicted octanol–water partition coefficient (Wildman–Crippen LogP) is 3.24. The number of aryl methyl sites for hydroxylation is 1. The molecule has 0 amide bonds. The Balaban J connectivity index is 1.83. The second-order valence-corrected chi connectivity index (χ2v) is 6.89. The molecule has 2 atom stereocenters. The van der Waals surface area contributed by atoms with Crippen molar-refractivity contribution in [3.05, 3.63) is 57.8 Å². The van der Waals surface area contributed by atoms with Gasteiger partial charge in [0.2, 0.25) is 0 Å². The van der Waals surface area contributed by atoms with E-state index in [0.717, 1.165) is 19.5 Å². The van der Waals surface area contributed by atoms with Crippen LogP contribution < -0.4 is 0 Å². The monoisotopic (exact) mass is 317 g/mol. The summed E-state index contributed by atoms with van der Waals surface area (Å²) in [4.78, 5) is 5.25. The standard InChI is InChI=1S/C18H23NO2S/c1-2-15-8-9-16(22-15)12-19-10-11-21-17(13-20)18(19)14-6-4-3-5-7-14/h3-9,17-18,20H,2,10-13H2,1H3/t17-,18-/m1/s1. The summed E-state index contributed by atoms with van der Waals surface area (Å²) in [6.45, 7) is 4.75. The van der Waals surface area contributed by atoms with Crippen LogP contribution in [0.4, 0.5) is 0 Å². The molecule has 22 heavy (non-hydrogen) atoms. The van der Waals surface area contributed by atoms with Crippen molar-refractivity contribution in [2.45, 2.75) is 32.0 Å². The number of thiophene rings is 1. The first-order valence-corrected chi connectivity index (χ1v) is 8.72. The fraction of sp³-hybridized carbons (Fsp3) is 0.444. The normalized spacial score (nSPS) is 22.8. The number of benzene rings is 1. The second kappa shape index (κ2) is 7.38. The Kier molecular flexibility index (Phi) is 5.26. The van der Waals surface area contributed by atoms with Gasteiger partial charge in [-0.2, -0.15) is 0 Å². The quantitative estimate of drug-likeness (QED) is 0.919. The van der Waals surface area contributed by atoms with Gasteiger partial charge in [-0.05, 0) is 24.1 Å². The molecule has 0 radical (unpaired) electrons. The Labute approximate surface area is 136 Å². The predicted molar refractivity (Wildman–Crippen MR) is 90.1 cm³/mol. The van der Waals surface area contributed by atoms with Crippen LogP contribution in [0.15, 0.2) is 42.5 Å². The fourth-order valence-electron chi connectivity index (χ4n) is 3.09. The Bertz CT molecular complexity index is 584. The molecule has 1 aliphatic heterocycles. The molecule has 118 valence electrons. The van der Waals surface area contributed by atoms with Crippen LogP contribution in [0.2, 0.25) is 0 Å². The molecule has 1 aliphatic rings. The molecule has 1 aromatic carbocycles. The van der Waals surface area contributed by atoms with Crippen molar-refractivity contribution in [1.29, 1.82) is 0 Å². The van der Waals surface area contributed by atoms with E-state index in [4.69, 9.17) is 4.74 Å². The highest BCUT2D eigenvalue weighted by molar-refractivity contribution is 7.11. The zero-order valence-electron chi connectivity index (χ0n) is 12.9. The molecule has 0 bridgehead atoms. The summed E-state index contributed by atoms with van der Waals surface area (Å²) < 4.78 is 5.80. The maximum atomic E-state index is 9.70. The second-order valence-electron chi connectivity index (χ2n) is 5.64. The first-order chi connectivity index (χ1) is 10.8. The number of aliphatic hydroxyl groups excluding tert-OH is 1. The van der Waals surface area contributed by atoms with E-state index in [2.05, 4.69) is 48.2 Å². The highest BCUT2D eigenvalue weighted by atomic mass is 32.1. The molecule has 1 saturated heterocycles. The Hall–Kier alpha value is -1.20. The fourth-order valence-corrected chi connectivity index (χ4v) is 4.07. The lowest BCUT2D eigenvalue weighted by molar-refractivity contribution is -0.0957. The lowest BCUT2D eigenvalue weighted by Gasteiger charge is -2.40. The molecule has 0 saturated carbocycles. The van der Waals surface area contributed by atoms with Gasteiger partial charge in [0.25, 0.3) is 0 Å². The summed E-state index contributed by atoms with van der Waals surface area (Å²) in [7, 11) is 0. The maximum Gasteiger partial charge on any atom is 0.100 e.